The van der Waals surface area contributed by atoms with Crippen LogP contribution in [0.15, 0.2) is 30.6 Å². The van der Waals surface area contributed by atoms with Crippen molar-refractivity contribution >= 4 is 0 Å². The fraction of sp³-hybridized carbons (Fsp3) is 0.412. The molecule has 1 atom stereocenters. The first-order chi connectivity index (χ1) is 10.1. The highest BCUT2D eigenvalue weighted by Crippen LogP contribution is 2.24. The standard InChI is InChI=1S/C17H23N3O/c1-5-18-15(16-17(21-4)20-7-6-19-16)11-14-9-12(2)8-13(3)10-14/h6-10,15,18H,5,11H2,1-4H3. The highest BCUT2D eigenvalue weighted by atomic mass is 16.5. The summed E-state index contributed by atoms with van der Waals surface area (Å²) in [5.41, 5.74) is 4.73. The molecule has 0 aliphatic rings. The number of benzene rings is 1. The molecule has 0 aliphatic carbocycles. The van der Waals surface area contributed by atoms with Gasteiger partial charge in [0.1, 0.15) is 5.69 Å². The average Bonchev–Trinajstić information content (AvgIpc) is 2.45. The van der Waals surface area contributed by atoms with Gasteiger partial charge in [0.2, 0.25) is 5.88 Å². The Morgan fingerprint density at radius 1 is 1.10 bits per heavy atom. The Morgan fingerprint density at radius 2 is 1.76 bits per heavy atom. The number of ether oxygens (including phenoxy) is 1. The highest BCUT2D eigenvalue weighted by Gasteiger charge is 2.18. The molecule has 0 spiro atoms. The van der Waals surface area contributed by atoms with Crippen LogP contribution in [0.2, 0.25) is 0 Å². The first-order valence-electron chi connectivity index (χ1n) is 7.29. The third-order valence-corrected chi connectivity index (χ3v) is 3.39. The van der Waals surface area contributed by atoms with Gasteiger partial charge in [-0.25, -0.2) is 4.98 Å². The summed E-state index contributed by atoms with van der Waals surface area (Å²) in [5, 5.41) is 3.48. The van der Waals surface area contributed by atoms with Crippen molar-refractivity contribution in [2.75, 3.05) is 13.7 Å². The Balaban J connectivity index is 2.30. The summed E-state index contributed by atoms with van der Waals surface area (Å²) in [4.78, 5) is 8.71. The van der Waals surface area contributed by atoms with Gasteiger partial charge in [-0.3, -0.25) is 4.98 Å². The van der Waals surface area contributed by atoms with Gasteiger partial charge in [0.25, 0.3) is 0 Å². The number of methoxy groups -OCH3 is 1. The summed E-state index contributed by atoms with van der Waals surface area (Å²) in [6.45, 7) is 7.22. The van der Waals surface area contributed by atoms with Crippen LogP contribution in [0.3, 0.4) is 0 Å². The normalized spacial score (nSPS) is 12.2. The molecule has 1 heterocycles. The third kappa shape index (κ3) is 4.02. The highest BCUT2D eigenvalue weighted by molar-refractivity contribution is 5.31. The molecule has 2 aromatic rings. The van der Waals surface area contributed by atoms with Crippen molar-refractivity contribution in [1.29, 1.82) is 0 Å². The molecule has 0 saturated carbocycles. The number of hydrogen-bond donors (Lipinski definition) is 1. The number of likely N-dealkylation sites (N-methyl/N-ethyl adjacent to an activating group) is 1. The maximum absolute atomic E-state index is 5.34. The zero-order valence-corrected chi connectivity index (χ0v) is 13.2. The van der Waals surface area contributed by atoms with Crippen molar-refractivity contribution in [2.24, 2.45) is 0 Å². The Morgan fingerprint density at radius 3 is 2.38 bits per heavy atom. The van der Waals surface area contributed by atoms with Gasteiger partial charge in [-0.15, -0.1) is 0 Å². The lowest BCUT2D eigenvalue weighted by molar-refractivity contribution is 0.377. The maximum atomic E-state index is 5.34. The van der Waals surface area contributed by atoms with Crippen molar-refractivity contribution < 1.29 is 4.74 Å². The summed E-state index contributed by atoms with van der Waals surface area (Å²) in [7, 11) is 1.63. The number of aryl methyl sites for hydroxylation is 2. The molecule has 1 N–H and O–H groups in total. The molecule has 0 radical (unpaired) electrons. The minimum absolute atomic E-state index is 0.0971. The number of nitrogens with zero attached hydrogens (tertiary/aromatic N) is 2. The van der Waals surface area contributed by atoms with E-state index in [1.807, 2.05) is 0 Å². The molecule has 112 valence electrons. The SMILES string of the molecule is CCNC(Cc1cc(C)cc(C)c1)c1nccnc1OC. The number of rotatable bonds is 6. The zero-order valence-electron chi connectivity index (χ0n) is 13.2. The van der Waals surface area contributed by atoms with E-state index in [1.54, 1.807) is 19.5 Å². The van der Waals surface area contributed by atoms with Crippen LogP contribution in [0.1, 0.15) is 35.3 Å². The van der Waals surface area contributed by atoms with E-state index in [0.29, 0.717) is 5.88 Å². The van der Waals surface area contributed by atoms with Crippen LogP contribution in [0, 0.1) is 13.8 Å². The lowest BCUT2D eigenvalue weighted by Crippen LogP contribution is -2.24. The van der Waals surface area contributed by atoms with Crippen LogP contribution < -0.4 is 10.1 Å². The van der Waals surface area contributed by atoms with Gasteiger partial charge in [-0.05, 0) is 32.4 Å². The molecule has 1 aromatic carbocycles. The van der Waals surface area contributed by atoms with Gasteiger partial charge in [0.15, 0.2) is 0 Å². The van der Waals surface area contributed by atoms with Gasteiger partial charge >= 0.3 is 0 Å². The second-order valence-corrected chi connectivity index (χ2v) is 5.26. The van der Waals surface area contributed by atoms with Crippen molar-refractivity contribution in [2.45, 2.75) is 33.2 Å². The number of hydrogen-bond acceptors (Lipinski definition) is 4. The van der Waals surface area contributed by atoms with E-state index in [-0.39, 0.29) is 6.04 Å². The monoisotopic (exact) mass is 285 g/mol. The molecular weight excluding hydrogens is 262 g/mol. The Kier molecular flexibility index (Phi) is 5.28. The van der Waals surface area contributed by atoms with Gasteiger partial charge in [-0.1, -0.05) is 36.2 Å². The number of nitrogens with one attached hydrogen (secondary N) is 1. The van der Waals surface area contributed by atoms with E-state index < -0.39 is 0 Å². The summed E-state index contributed by atoms with van der Waals surface area (Å²) in [6, 6.07) is 6.73. The van der Waals surface area contributed by atoms with E-state index in [2.05, 4.69) is 54.3 Å². The molecule has 0 fully saturated rings. The molecule has 4 heteroatoms. The topological polar surface area (TPSA) is 47.0 Å². The van der Waals surface area contributed by atoms with Crippen LogP contribution in [0.4, 0.5) is 0 Å². The zero-order chi connectivity index (χ0) is 15.2. The molecule has 21 heavy (non-hydrogen) atoms. The Labute approximate surface area is 126 Å². The Bertz CT molecular complexity index is 578. The van der Waals surface area contributed by atoms with Crippen molar-refractivity contribution in [3.05, 3.63) is 53.0 Å². The van der Waals surface area contributed by atoms with E-state index >= 15 is 0 Å². The van der Waals surface area contributed by atoms with Gasteiger partial charge in [-0.2, -0.15) is 0 Å². The molecule has 1 unspecified atom stereocenters. The van der Waals surface area contributed by atoms with Crippen LogP contribution in [0.5, 0.6) is 5.88 Å². The van der Waals surface area contributed by atoms with Crippen LogP contribution in [-0.2, 0) is 6.42 Å². The van der Waals surface area contributed by atoms with E-state index in [1.165, 1.54) is 16.7 Å². The van der Waals surface area contributed by atoms with Crippen molar-refractivity contribution in [1.82, 2.24) is 15.3 Å². The van der Waals surface area contributed by atoms with Gasteiger partial charge < -0.3 is 10.1 Å². The largest absolute Gasteiger partial charge is 0.480 e. The summed E-state index contributed by atoms with van der Waals surface area (Å²) >= 11 is 0. The minimum atomic E-state index is 0.0971. The predicted molar refractivity (Wildman–Crippen MR) is 84.6 cm³/mol. The first-order valence-corrected chi connectivity index (χ1v) is 7.29. The van der Waals surface area contributed by atoms with E-state index in [9.17, 15) is 0 Å². The molecule has 4 nitrogen and oxygen atoms in total. The molecule has 0 saturated heterocycles. The average molecular weight is 285 g/mol. The second kappa shape index (κ2) is 7.18. The van der Waals surface area contributed by atoms with Gasteiger partial charge in [0, 0.05) is 12.4 Å². The number of aromatic nitrogens is 2. The van der Waals surface area contributed by atoms with Crippen LogP contribution in [-0.4, -0.2) is 23.6 Å². The smallest absolute Gasteiger partial charge is 0.237 e. The molecule has 0 bridgehead atoms. The molecule has 1 aromatic heterocycles. The molecule has 2 rings (SSSR count). The summed E-state index contributed by atoms with van der Waals surface area (Å²) in [5.74, 6) is 0.591. The van der Waals surface area contributed by atoms with Crippen LogP contribution in [0.25, 0.3) is 0 Å². The van der Waals surface area contributed by atoms with Crippen molar-refractivity contribution in [3.8, 4) is 5.88 Å². The van der Waals surface area contributed by atoms with E-state index in [0.717, 1.165) is 18.7 Å². The quantitative estimate of drug-likeness (QED) is 0.886. The maximum Gasteiger partial charge on any atom is 0.237 e. The fourth-order valence-corrected chi connectivity index (χ4v) is 2.67. The summed E-state index contributed by atoms with van der Waals surface area (Å²) < 4.78 is 5.34. The lowest BCUT2D eigenvalue weighted by Gasteiger charge is -2.19. The van der Waals surface area contributed by atoms with Crippen molar-refractivity contribution in [3.63, 3.8) is 0 Å². The molecule has 0 amide bonds. The van der Waals surface area contributed by atoms with Crippen LogP contribution >= 0.6 is 0 Å². The molecular formula is C17H23N3O. The first kappa shape index (κ1) is 15.4. The minimum Gasteiger partial charge on any atom is -0.480 e. The predicted octanol–water partition coefficient (Wildman–Crippen LogP) is 3.00. The Hall–Kier alpha value is -1.94. The van der Waals surface area contributed by atoms with E-state index in [4.69, 9.17) is 4.74 Å². The fourth-order valence-electron chi connectivity index (χ4n) is 2.67. The summed E-state index contributed by atoms with van der Waals surface area (Å²) in [6.07, 6.45) is 4.23. The third-order valence-electron chi connectivity index (χ3n) is 3.39. The second-order valence-electron chi connectivity index (χ2n) is 5.26. The lowest BCUT2D eigenvalue weighted by atomic mass is 9.99. The molecule has 0 aliphatic heterocycles. The van der Waals surface area contributed by atoms with Gasteiger partial charge in [0.05, 0.1) is 13.2 Å².